The number of hydrogen-bond donors (Lipinski definition) is 3. The molecule has 1 aliphatic carbocycles. The van der Waals surface area contributed by atoms with E-state index in [1.54, 1.807) is 0 Å². The Bertz CT molecular complexity index is 575. The molecule has 6 heteroatoms. The van der Waals surface area contributed by atoms with Crippen molar-refractivity contribution in [2.45, 2.75) is 38.1 Å². The highest BCUT2D eigenvalue weighted by Crippen LogP contribution is 2.34. The predicted molar refractivity (Wildman–Crippen MR) is 78.6 cm³/mol. The van der Waals surface area contributed by atoms with Gasteiger partial charge in [-0.1, -0.05) is 31.4 Å². The zero-order chi connectivity index (χ0) is 15.6. The van der Waals surface area contributed by atoms with Crippen LogP contribution in [-0.4, -0.2) is 27.6 Å². The van der Waals surface area contributed by atoms with Gasteiger partial charge >= 0.3 is 5.97 Å². The number of carbonyl (C=O) groups is 2. The summed E-state index contributed by atoms with van der Waals surface area (Å²) in [5.74, 6) is -2.05. The van der Waals surface area contributed by atoms with E-state index in [2.05, 4.69) is 5.32 Å². The smallest absolute Gasteiger partial charge is 0.329 e. The van der Waals surface area contributed by atoms with Crippen molar-refractivity contribution in [1.82, 2.24) is 5.32 Å². The SMILES string of the molecule is CC1CCCCC1(NC(=O)c1cc(Cl)ccc1O)C(=O)O. The van der Waals surface area contributed by atoms with Crippen LogP contribution in [0.3, 0.4) is 0 Å². The Morgan fingerprint density at radius 1 is 1.38 bits per heavy atom. The Labute approximate surface area is 127 Å². The van der Waals surface area contributed by atoms with Gasteiger partial charge in [0.25, 0.3) is 5.91 Å². The average molecular weight is 312 g/mol. The Morgan fingerprint density at radius 2 is 2.10 bits per heavy atom. The number of phenols is 1. The molecular weight excluding hydrogens is 294 g/mol. The predicted octanol–water partition coefficient (Wildman–Crippen LogP) is 2.81. The number of carbonyl (C=O) groups excluding carboxylic acids is 1. The summed E-state index contributed by atoms with van der Waals surface area (Å²) >= 11 is 5.82. The zero-order valence-electron chi connectivity index (χ0n) is 11.7. The topological polar surface area (TPSA) is 86.6 Å². The van der Waals surface area contributed by atoms with Crippen LogP contribution in [0.1, 0.15) is 43.0 Å². The molecule has 1 aromatic carbocycles. The van der Waals surface area contributed by atoms with Gasteiger partial charge in [0.1, 0.15) is 11.3 Å². The van der Waals surface area contributed by atoms with Crippen molar-refractivity contribution in [3.63, 3.8) is 0 Å². The van der Waals surface area contributed by atoms with Crippen LogP contribution in [0.4, 0.5) is 0 Å². The second-order valence-electron chi connectivity index (χ2n) is 5.54. The minimum atomic E-state index is -1.29. The van der Waals surface area contributed by atoms with Gasteiger partial charge in [-0.3, -0.25) is 4.79 Å². The van der Waals surface area contributed by atoms with Crippen LogP contribution in [0.5, 0.6) is 5.75 Å². The van der Waals surface area contributed by atoms with E-state index in [1.165, 1.54) is 18.2 Å². The van der Waals surface area contributed by atoms with Crippen molar-refractivity contribution < 1.29 is 19.8 Å². The first-order valence-electron chi connectivity index (χ1n) is 6.91. The van der Waals surface area contributed by atoms with Gasteiger partial charge in [0.05, 0.1) is 5.56 Å². The molecule has 0 saturated heterocycles. The van der Waals surface area contributed by atoms with Gasteiger partial charge < -0.3 is 15.5 Å². The fourth-order valence-electron chi connectivity index (χ4n) is 2.86. The van der Waals surface area contributed by atoms with Crippen LogP contribution >= 0.6 is 11.6 Å². The summed E-state index contributed by atoms with van der Waals surface area (Å²) in [4.78, 5) is 24.1. The van der Waals surface area contributed by atoms with Gasteiger partial charge in [0.2, 0.25) is 0 Å². The molecule has 1 saturated carbocycles. The lowest BCUT2D eigenvalue weighted by Gasteiger charge is -2.39. The number of rotatable bonds is 3. The van der Waals surface area contributed by atoms with Crippen LogP contribution in [0.25, 0.3) is 0 Å². The minimum Gasteiger partial charge on any atom is -0.507 e. The number of aliphatic carboxylic acids is 1. The summed E-state index contributed by atoms with van der Waals surface area (Å²) in [5, 5.41) is 22.2. The van der Waals surface area contributed by atoms with Crippen LogP contribution in [0.15, 0.2) is 18.2 Å². The first kappa shape index (κ1) is 15.6. The van der Waals surface area contributed by atoms with Gasteiger partial charge in [0.15, 0.2) is 0 Å². The first-order chi connectivity index (χ1) is 9.86. The van der Waals surface area contributed by atoms with Crippen LogP contribution in [0, 0.1) is 5.92 Å². The van der Waals surface area contributed by atoms with Crippen LogP contribution in [0.2, 0.25) is 5.02 Å². The van der Waals surface area contributed by atoms with Gasteiger partial charge in [-0.15, -0.1) is 0 Å². The van der Waals surface area contributed by atoms with E-state index in [1.807, 2.05) is 6.92 Å². The van der Waals surface area contributed by atoms with Crippen molar-refractivity contribution in [3.05, 3.63) is 28.8 Å². The third-order valence-corrected chi connectivity index (χ3v) is 4.46. The van der Waals surface area contributed by atoms with E-state index < -0.39 is 17.4 Å². The molecular formula is C15H18ClNO4. The number of amides is 1. The van der Waals surface area contributed by atoms with Crippen LogP contribution in [-0.2, 0) is 4.79 Å². The molecule has 0 radical (unpaired) electrons. The quantitative estimate of drug-likeness (QED) is 0.801. The van der Waals surface area contributed by atoms with Crippen molar-refractivity contribution in [2.24, 2.45) is 5.92 Å². The molecule has 1 amide bonds. The molecule has 0 heterocycles. The fourth-order valence-corrected chi connectivity index (χ4v) is 3.04. The standard InChI is InChI=1S/C15H18ClNO4/c1-9-4-2-3-7-15(9,14(20)21)17-13(19)11-8-10(16)5-6-12(11)18/h5-6,8-9,18H,2-4,7H2,1H3,(H,17,19)(H,20,21). The van der Waals surface area contributed by atoms with Gasteiger partial charge in [-0.05, 0) is 37.0 Å². The maximum Gasteiger partial charge on any atom is 0.329 e. The van der Waals surface area contributed by atoms with Crippen molar-refractivity contribution in [1.29, 1.82) is 0 Å². The highest BCUT2D eigenvalue weighted by molar-refractivity contribution is 6.31. The molecule has 0 bridgehead atoms. The Balaban J connectivity index is 2.31. The molecule has 1 aromatic rings. The average Bonchev–Trinajstić information content (AvgIpc) is 2.43. The van der Waals surface area contributed by atoms with E-state index in [4.69, 9.17) is 11.6 Å². The largest absolute Gasteiger partial charge is 0.507 e. The molecule has 2 unspecified atom stereocenters. The number of benzene rings is 1. The lowest BCUT2D eigenvalue weighted by molar-refractivity contribution is -0.148. The summed E-state index contributed by atoms with van der Waals surface area (Å²) in [5.41, 5.74) is -1.30. The summed E-state index contributed by atoms with van der Waals surface area (Å²) in [6.07, 6.45) is 2.83. The molecule has 1 aliphatic rings. The lowest BCUT2D eigenvalue weighted by Crippen LogP contribution is -2.60. The number of carboxylic acids is 1. The molecule has 0 spiro atoms. The van der Waals surface area contributed by atoms with E-state index in [0.717, 1.165) is 19.3 Å². The second kappa shape index (κ2) is 5.93. The summed E-state index contributed by atoms with van der Waals surface area (Å²) in [7, 11) is 0. The number of carboxylic acid groups (broad SMARTS) is 1. The van der Waals surface area contributed by atoms with E-state index in [-0.39, 0.29) is 17.2 Å². The Kier molecular flexibility index (Phi) is 4.42. The lowest BCUT2D eigenvalue weighted by atomic mass is 9.73. The fraction of sp³-hybridized carbons (Fsp3) is 0.467. The monoisotopic (exact) mass is 311 g/mol. The van der Waals surface area contributed by atoms with Gasteiger partial charge in [-0.25, -0.2) is 4.79 Å². The summed E-state index contributed by atoms with van der Waals surface area (Å²) in [6, 6.07) is 4.11. The molecule has 2 rings (SSSR count). The summed E-state index contributed by atoms with van der Waals surface area (Å²) < 4.78 is 0. The molecule has 2 atom stereocenters. The highest BCUT2D eigenvalue weighted by Gasteiger charge is 2.46. The second-order valence-corrected chi connectivity index (χ2v) is 5.98. The number of nitrogens with one attached hydrogen (secondary N) is 1. The maximum absolute atomic E-state index is 12.3. The molecule has 21 heavy (non-hydrogen) atoms. The van der Waals surface area contributed by atoms with Crippen molar-refractivity contribution in [3.8, 4) is 5.75 Å². The Morgan fingerprint density at radius 3 is 2.71 bits per heavy atom. The maximum atomic E-state index is 12.3. The highest BCUT2D eigenvalue weighted by atomic mass is 35.5. The van der Waals surface area contributed by atoms with E-state index in [0.29, 0.717) is 11.4 Å². The Hall–Kier alpha value is -1.75. The molecule has 0 aliphatic heterocycles. The molecule has 5 nitrogen and oxygen atoms in total. The molecule has 0 aromatic heterocycles. The molecule has 114 valence electrons. The van der Waals surface area contributed by atoms with Crippen molar-refractivity contribution >= 4 is 23.5 Å². The van der Waals surface area contributed by atoms with Crippen LogP contribution < -0.4 is 5.32 Å². The number of phenolic OH excluding ortho intramolecular Hbond substituents is 1. The summed E-state index contributed by atoms with van der Waals surface area (Å²) in [6.45, 7) is 1.82. The molecule has 3 N–H and O–H groups in total. The normalized spacial score (nSPS) is 25.3. The zero-order valence-corrected chi connectivity index (χ0v) is 12.5. The van der Waals surface area contributed by atoms with E-state index in [9.17, 15) is 19.8 Å². The first-order valence-corrected chi connectivity index (χ1v) is 7.29. The van der Waals surface area contributed by atoms with Crippen molar-refractivity contribution in [2.75, 3.05) is 0 Å². The number of hydrogen-bond acceptors (Lipinski definition) is 3. The third-order valence-electron chi connectivity index (χ3n) is 4.22. The number of halogens is 1. The molecule has 1 fully saturated rings. The minimum absolute atomic E-state index is 0.0131. The van der Waals surface area contributed by atoms with E-state index >= 15 is 0 Å². The third kappa shape index (κ3) is 2.97. The number of aromatic hydroxyl groups is 1. The van der Waals surface area contributed by atoms with Gasteiger partial charge in [0, 0.05) is 5.02 Å². The van der Waals surface area contributed by atoms with Gasteiger partial charge in [-0.2, -0.15) is 0 Å².